The fraction of sp³-hybridized carbons (Fsp3) is 0.417. The van der Waals surface area contributed by atoms with Crippen molar-refractivity contribution < 1.29 is 4.79 Å². The molecule has 2 aliphatic carbocycles. The second-order valence-electron chi connectivity index (χ2n) is 4.08. The Kier molecular flexibility index (Phi) is 1.37. The van der Waals surface area contributed by atoms with Crippen LogP contribution in [0.4, 0.5) is 0 Å². The normalized spacial score (nSPS) is 24.6. The number of hydrogen-bond acceptors (Lipinski definition) is 1. The number of carbonyl (C=O) groups is 1. The van der Waals surface area contributed by atoms with E-state index < -0.39 is 0 Å². The molecule has 0 unspecified atom stereocenters. The van der Waals surface area contributed by atoms with Crippen molar-refractivity contribution in [2.45, 2.75) is 31.6 Å². The van der Waals surface area contributed by atoms with Crippen LogP contribution in [0.5, 0.6) is 0 Å². The Morgan fingerprint density at radius 2 is 2.00 bits per heavy atom. The van der Waals surface area contributed by atoms with E-state index in [-0.39, 0.29) is 0 Å². The molecule has 0 aromatic heterocycles. The van der Waals surface area contributed by atoms with Gasteiger partial charge in [0.2, 0.25) is 0 Å². The molecule has 1 aromatic rings. The Balaban J connectivity index is 2.28. The Labute approximate surface area is 77.8 Å². The minimum atomic E-state index is 0.356. The first-order valence-corrected chi connectivity index (χ1v) is 5.01. The van der Waals surface area contributed by atoms with E-state index in [1.54, 1.807) is 0 Å². The van der Waals surface area contributed by atoms with E-state index in [0.717, 1.165) is 18.4 Å². The number of rotatable bonds is 0. The van der Waals surface area contributed by atoms with Gasteiger partial charge in [-0.1, -0.05) is 18.2 Å². The van der Waals surface area contributed by atoms with Crippen LogP contribution in [-0.2, 0) is 6.42 Å². The lowest BCUT2D eigenvalue weighted by atomic mass is 9.83. The van der Waals surface area contributed by atoms with Crippen molar-refractivity contribution in [2.75, 3.05) is 0 Å². The molecule has 0 fully saturated rings. The van der Waals surface area contributed by atoms with Gasteiger partial charge in [-0.25, -0.2) is 0 Å². The summed E-state index contributed by atoms with van der Waals surface area (Å²) < 4.78 is 0. The maximum atomic E-state index is 11.6. The zero-order valence-electron chi connectivity index (χ0n) is 7.55. The van der Waals surface area contributed by atoms with Gasteiger partial charge in [0, 0.05) is 12.0 Å². The molecule has 0 amide bonds. The minimum absolute atomic E-state index is 0.356. The quantitative estimate of drug-likeness (QED) is 0.588. The zero-order chi connectivity index (χ0) is 8.84. The van der Waals surface area contributed by atoms with Crippen molar-refractivity contribution in [3.63, 3.8) is 0 Å². The standard InChI is InChI=1S/C12H12O/c13-11-7-6-9-5-4-8-2-1-3-10(11)12(8)9/h1-3,9H,4-7H2/t9-/m0/s1. The molecule has 0 bridgehead atoms. The predicted molar refractivity (Wildman–Crippen MR) is 51.1 cm³/mol. The van der Waals surface area contributed by atoms with Crippen molar-refractivity contribution in [3.8, 4) is 0 Å². The lowest BCUT2D eigenvalue weighted by Gasteiger charge is -2.20. The van der Waals surface area contributed by atoms with Crippen LogP contribution < -0.4 is 0 Å². The highest BCUT2D eigenvalue weighted by molar-refractivity contribution is 5.99. The molecule has 66 valence electrons. The van der Waals surface area contributed by atoms with E-state index in [4.69, 9.17) is 0 Å². The third kappa shape index (κ3) is 0.902. The van der Waals surface area contributed by atoms with Gasteiger partial charge in [0.1, 0.15) is 0 Å². The topological polar surface area (TPSA) is 17.1 Å². The van der Waals surface area contributed by atoms with E-state index in [2.05, 4.69) is 6.07 Å². The first-order chi connectivity index (χ1) is 6.36. The van der Waals surface area contributed by atoms with E-state index in [1.807, 2.05) is 12.1 Å². The van der Waals surface area contributed by atoms with Gasteiger partial charge in [-0.15, -0.1) is 0 Å². The maximum Gasteiger partial charge on any atom is 0.163 e. The average Bonchev–Trinajstić information content (AvgIpc) is 2.57. The molecule has 0 saturated heterocycles. The summed E-state index contributed by atoms with van der Waals surface area (Å²) in [6.07, 6.45) is 4.30. The van der Waals surface area contributed by atoms with Crippen LogP contribution in [0.25, 0.3) is 0 Å². The van der Waals surface area contributed by atoms with E-state index in [0.29, 0.717) is 11.7 Å². The smallest absolute Gasteiger partial charge is 0.163 e. The molecule has 1 aromatic carbocycles. The van der Waals surface area contributed by atoms with Crippen LogP contribution >= 0.6 is 0 Å². The molecule has 0 aliphatic heterocycles. The highest BCUT2D eigenvalue weighted by atomic mass is 16.1. The molecular weight excluding hydrogens is 160 g/mol. The number of ketones is 1. The summed E-state index contributed by atoms with van der Waals surface area (Å²) >= 11 is 0. The fourth-order valence-electron chi connectivity index (χ4n) is 2.76. The van der Waals surface area contributed by atoms with E-state index in [9.17, 15) is 4.79 Å². The third-order valence-electron chi connectivity index (χ3n) is 3.39. The monoisotopic (exact) mass is 172 g/mol. The predicted octanol–water partition coefficient (Wildman–Crippen LogP) is 2.69. The molecule has 0 spiro atoms. The minimum Gasteiger partial charge on any atom is -0.294 e. The van der Waals surface area contributed by atoms with Gasteiger partial charge in [-0.3, -0.25) is 4.79 Å². The first kappa shape index (κ1) is 7.31. The highest BCUT2D eigenvalue weighted by Gasteiger charge is 2.31. The molecule has 1 heteroatoms. The van der Waals surface area contributed by atoms with Crippen molar-refractivity contribution in [3.05, 3.63) is 34.9 Å². The van der Waals surface area contributed by atoms with E-state index in [1.165, 1.54) is 24.0 Å². The van der Waals surface area contributed by atoms with Crippen LogP contribution in [0.3, 0.4) is 0 Å². The molecular formula is C12H12O. The molecule has 2 aliphatic rings. The van der Waals surface area contributed by atoms with Crippen LogP contribution in [0, 0.1) is 0 Å². The lowest BCUT2D eigenvalue weighted by Crippen LogP contribution is -2.13. The van der Waals surface area contributed by atoms with Crippen LogP contribution in [0.1, 0.15) is 46.7 Å². The van der Waals surface area contributed by atoms with Crippen molar-refractivity contribution in [2.24, 2.45) is 0 Å². The lowest BCUT2D eigenvalue weighted by molar-refractivity contribution is 0.0967. The average molecular weight is 172 g/mol. The molecule has 1 atom stereocenters. The van der Waals surface area contributed by atoms with Gasteiger partial charge >= 0.3 is 0 Å². The first-order valence-electron chi connectivity index (χ1n) is 5.01. The molecule has 0 heterocycles. The van der Waals surface area contributed by atoms with Crippen LogP contribution in [0.2, 0.25) is 0 Å². The molecule has 3 rings (SSSR count). The van der Waals surface area contributed by atoms with Crippen molar-refractivity contribution in [1.82, 2.24) is 0 Å². The number of hydrogen-bond donors (Lipinski definition) is 0. The van der Waals surface area contributed by atoms with Gasteiger partial charge in [0.25, 0.3) is 0 Å². The summed E-state index contributed by atoms with van der Waals surface area (Å²) in [5, 5.41) is 0. The summed E-state index contributed by atoms with van der Waals surface area (Å²) in [5.74, 6) is 1.05. The van der Waals surface area contributed by atoms with Gasteiger partial charge in [-0.05, 0) is 36.3 Å². The maximum absolute atomic E-state index is 11.6. The fourth-order valence-corrected chi connectivity index (χ4v) is 2.76. The number of benzene rings is 1. The number of carbonyl (C=O) groups excluding carboxylic acids is 1. The highest BCUT2D eigenvalue weighted by Crippen LogP contribution is 2.42. The second kappa shape index (κ2) is 2.44. The van der Waals surface area contributed by atoms with Crippen LogP contribution in [0.15, 0.2) is 18.2 Å². The number of aryl methyl sites for hydroxylation is 1. The molecule has 0 saturated carbocycles. The Morgan fingerprint density at radius 1 is 1.15 bits per heavy atom. The van der Waals surface area contributed by atoms with Crippen molar-refractivity contribution >= 4 is 5.78 Å². The van der Waals surface area contributed by atoms with Gasteiger partial charge in [0.15, 0.2) is 5.78 Å². The van der Waals surface area contributed by atoms with Crippen LogP contribution in [-0.4, -0.2) is 5.78 Å². The van der Waals surface area contributed by atoms with Gasteiger partial charge in [-0.2, -0.15) is 0 Å². The summed E-state index contributed by atoms with van der Waals surface area (Å²) in [5.41, 5.74) is 3.83. The molecule has 13 heavy (non-hydrogen) atoms. The third-order valence-corrected chi connectivity index (χ3v) is 3.39. The van der Waals surface area contributed by atoms with Gasteiger partial charge in [0.05, 0.1) is 0 Å². The largest absolute Gasteiger partial charge is 0.294 e. The molecule has 1 nitrogen and oxygen atoms in total. The molecule has 0 radical (unpaired) electrons. The zero-order valence-corrected chi connectivity index (χ0v) is 7.55. The summed E-state index contributed by atoms with van der Waals surface area (Å²) in [6, 6.07) is 6.20. The Hall–Kier alpha value is -1.11. The number of Topliss-reactive ketones (excluding diaryl/α,β-unsaturated/α-hetero) is 1. The van der Waals surface area contributed by atoms with Gasteiger partial charge < -0.3 is 0 Å². The van der Waals surface area contributed by atoms with Crippen molar-refractivity contribution in [1.29, 1.82) is 0 Å². The second-order valence-corrected chi connectivity index (χ2v) is 4.08. The Morgan fingerprint density at radius 3 is 2.92 bits per heavy atom. The summed E-state index contributed by atoms with van der Waals surface area (Å²) in [7, 11) is 0. The summed E-state index contributed by atoms with van der Waals surface area (Å²) in [4.78, 5) is 11.6. The SMILES string of the molecule is O=C1CC[C@@H]2CCc3cccc1c32. The molecule has 0 N–H and O–H groups in total. The summed E-state index contributed by atoms with van der Waals surface area (Å²) in [6.45, 7) is 0. The Bertz CT molecular complexity index is 379. The van der Waals surface area contributed by atoms with E-state index >= 15 is 0 Å².